The first-order valence-corrected chi connectivity index (χ1v) is 7.76. The Morgan fingerprint density at radius 2 is 2.00 bits per heavy atom. The van der Waals surface area contributed by atoms with Crippen LogP contribution in [0.2, 0.25) is 0 Å². The van der Waals surface area contributed by atoms with Crippen molar-refractivity contribution in [1.29, 1.82) is 0 Å². The minimum atomic E-state index is -3.78. The molecule has 1 heterocycles. The smallest absolute Gasteiger partial charge is 0.266 e. The molecule has 0 radical (unpaired) electrons. The fourth-order valence-electron chi connectivity index (χ4n) is 1.78. The van der Waals surface area contributed by atoms with Gasteiger partial charge in [-0.3, -0.25) is 9.40 Å². The van der Waals surface area contributed by atoms with Gasteiger partial charge in [-0.25, -0.2) is 8.42 Å². The molecule has 0 spiro atoms. The summed E-state index contributed by atoms with van der Waals surface area (Å²) < 4.78 is 39.0. The molecule has 2 aromatic rings. The highest BCUT2D eigenvalue weighted by atomic mass is 32.2. The number of sulfonamides is 1. The van der Waals surface area contributed by atoms with Crippen molar-refractivity contribution in [2.24, 2.45) is 0 Å². The topological polar surface area (TPSA) is 82.5 Å². The molecule has 1 aromatic carbocycles. The number of hydrogen-bond donors (Lipinski definition) is 1. The molecule has 7 nitrogen and oxygen atoms in total. The molecule has 0 unspecified atom stereocenters. The Morgan fingerprint density at radius 1 is 1.24 bits per heavy atom. The number of anilines is 1. The van der Waals surface area contributed by atoms with E-state index >= 15 is 0 Å². The van der Waals surface area contributed by atoms with Crippen molar-refractivity contribution in [2.45, 2.75) is 18.4 Å². The average molecular weight is 311 g/mol. The molecule has 0 atom stereocenters. The number of nitrogens with zero attached hydrogens (tertiary/aromatic N) is 2. The van der Waals surface area contributed by atoms with Crippen molar-refractivity contribution >= 4 is 15.8 Å². The highest BCUT2D eigenvalue weighted by molar-refractivity contribution is 7.92. The van der Waals surface area contributed by atoms with Crippen LogP contribution < -0.4 is 14.2 Å². The van der Waals surface area contributed by atoms with E-state index in [2.05, 4.69) is 9.82 Å². The van der Waals surface area contributed by atoms with E-state index < -0.39 is 10.0 Å². The molecule has 8 heteroatoms. The molecular formula is C13H17N3O4S. The van der Waals surface area contributed by atoms with E-state index in [1.165, 1.54) is 26.4 Å². The Balaban J connectivity index is 2.34. The van der Waals surface area contributed by atoms with Crippen molar-refractivity contribution < 1.29 is 17.9 Å². The fraction of sp³-hybridized carbons (Fsp3) is 0.308. The van der Waals surface area contributed by atoms with Gasteiger partial charge in [0, 0.05) is 24.9 Å². The monoisotopic (exact) mass is 311 g/mol. The first kappa shape index (κ1) is 15.2. The summed E-state index contributed by atoms with van der Waals surface area (Å²) in [4.78, 5) is 0.0249. The molecule has 0 aliphatic rings. The van der Waals surface area contributed by atoms with Crippen molar-refractivity contribution in [3.63, 3.8) is 0 Å². The summed E-state index contributed by atoms with van der Waals surface area (Å²) in [6.45, 7) is 2.57. The zero-order chi connectivity index (χ0) is 15.5. The second-order valence-corrected chi connectivity index (χ2v) is 5.83. The van der Waals surface area contributed by atoms with Gasteiger partial charge >= 0.3 is 0 Å². The van der Waals surface area contributed by atoms with Crippen LogP contribution in [0.25, 0.3) is 0 Å². The van der Waals surface area contributed by atoms with Crippen molar-refractivity contribution in [2.75, 3.05) is 18.9 Å². The molecule has 0 aliphatic carbocycles. The van der Waals surface area contributed by atoms with Crippen LogP contribution in [0.1, 0.15) is 6.92 Å². The maximum atomic E-state index is 12.4. The van der Waals surface area contributed by atoms with Crippen LogP contribution in [0.5, 0.6) is 11.5 Å². The molecular weight excluding hydrogens is 294 g/mol. The number of aryl methyl sites for hydroxylation is 1. The number of benzene rings is 1. The average Bonchev–Trinajstić information content (AvgIpc) is 2.93. The van der Waals surface area contributed by atoms with Crippen molar-refractivity contribution in [3.05, 3.63) is 30.5 Å². The number of nitrogens with one attached hydrogen (secondary N) is 1. The second-order valence-electron chi connectivity index (χ2n) is 4.18. The van der Waals surface area contributed by atoms with Crippen LogP contribution in [0.15, 0.2) is 35.4 Å². The molecule has 1 N–H and O–H groups in total. The van der Waals surface area contributed by atoms with Crippen LogP contribution in [0.3, 0.4) is 0 Å². The van der Waals surface area contributed by atoms with E-state index in [9.17, 15) is 8.42 Å². The third-order valence-corrected chi connectivity index (χ3v) is 4.26. The molecule has 21 heavy (non-hydrogen) atoms. The molecule has 2 rings (SSSR count). The van der Waals surface area contributed by atoms with Crippen molar-refractivity contribution in [1.82, 2.24) is 9.78 Å². The second kappa shape index (κ2) is 6.04. The predicted molar refractivity (Wildman–Crippen MR) is 78.3 cm³/mol. The number of methoxy groups -OCH3 is 2. The Morgan fingerprint density at radius 3 is 2.57 bits per heavy atom. The third-order valence-electron chi connectivity index (χ3n) is 2.86. The van der Waals surface area contributed by atoms with Gasteiger partial charge in [0.1, 0.15) is 16.4 Å². The van der Waals surface area contributed by atoms with Crippen LogP contribution in [-0.2, 0) is 16.6 Å². The molecule has 1 aromatic heterocycles. The van der Waals surface area contributed by atoms with Crippen LogP contribution in [-0.4, -0.2) is 32.4 Å². The minimum Gasteiger partial charge on any atom is -0.497 e. The Hall–Kier alpha value is -2.22. The standard InChI is InChI=1S/C13H17N3O4S/c1-4-16-8-7-13(14-16)15-21(17,18)12-6-5-10(19-2)9-11(12)20-3/h5-9H,4H2,1-3H3,(H,14,15). The summed E-state index contributed by atoms with van der Waals surface area (Å²) in [5, 5.41) is 4.09. The van der Waals surface area contributed by atoms with Gasteiger partial charge in [0.2, 0.25) is 0 Å². The van der Waals surface area contributed by atoms with Crippen LogP contribution in [0, 0.1) is 0 Å². The largest absolute Gasteiger partial charge is 0.497 e. The minimum absolute atomic E-state index is 0.0249. The van der Waals surface area contributed by atoms with Crippen molar-refractivity contribution in [3.8, 4) is 11.5 Å². The van der Waals surface area contributed by atoms with E-state index in [4.69, 9.17) is 9.47 Å². The van der Waals surface area contributed by atoms with E-state index in [1.54, 1.807) is 23.0 Å². The molecule has 0 fully saturated rings. The lowest BCUT2D eigenvalue weighted by Crippen LogP contribution is -2.14. The Kier molecular flexibility index (Phi) is 4.37. The van der Waals surface area contributed by atoms with Gasteiger partial charge < -0.3 is 9.47 Å². The maximum Gasteiger partial charge on any atom is 0.266 e. The number of aromatic nitrogens is 2. The Labute approximate surface area is 123 Å². The van der Waals surface area contributed by atoms with Gasteiger partial charge in [-0.1, -0.05) is 0 Å². The molecule has 0 aliphatic heterocycles. The quantitative estimate of drug-likeness (QED) is 0.878. The SMILES string of the molecule is CCn1ccc(NS(=O)(=O)c2ccc(OC)cc2OC)n1. The van der Waals surface area contributed by atoms with Gasteiger partial charge in [-0.05, 0) is 19.1 Å². The van der Waals surface area contributed by atoms with E-state index in [-0.39, 0.29) is 16.5 Å². The van der Waals surface area contributed by atoms with Crippen LogP contribution >= 0.6 is 0 Å². The lowest BCUT2D eigenvalue weighted by Gasteiger charge is -2.11. The molecule has 0 bridgehead atoms. The lowest BCUT2D eigenvalue weighted by atomic mass is 10.3. The predicted octanol–water partition coefficient (Wildman–Crippen LogP) is 1.72. The van der Waals surface area contributed by atoms with Gasteiger partial charge in [0.15, 0.2) is 5.82 Å². The first-order valence-electron chi connectivity index (χ1n) is 6.28. The van der Waals surface area contributed by atoms with E-state index in [1.807, 2.05) is 6.92 Å². The number of ether oxygens (including phenoxy) is 2. The molecule has 114 valence electrons. The summed E-state index contributed by atoms with van der Waals surface area (Å²) in [6.07, 6.45) is 1.70. The fourth-order valence-corrected chi connectivity index (χ4v) is 2.93. The highest BCUT2D eigenvalue weighted by Gasteiger charge is 2.21. The summed E-state index contributed by atoms with van der Waals surface area (Å²) in [6, 6.07) is 6.09. The number of hydrogen-bond acceptors (Lipinski definition) is 5. The van der Waals surface area contributed by atoms with Gasteiger partial charge in [0.25, 0.3) is 10.0 Å². The third kappa shape index (κ3) is 3.27. The lowest BCUT2D eigenvalue weighted by molar-refractivity contribution is 0.386. The Bertz CT molecular complexity index is 725. The molecule has 0 amide bonds. The summed E-state index contributed by atoms with van der Waals surface area (Å²) in [7, 11) is -0.881. The van der Waals surface area contributed by atoms with Gasteiger partial charge in [0.05, 0.1) is 14.2 Å². The molecule has 0 saturated heterocycles. The van der Waals surface area contributed by atoms with Gasteiger partial charge in [-0.15, -0.1) is 0 Å². The molecule has 0 saturated carbocycles. The summed E-state index contributed by atoms with van der Waals surface area (Å²) >= 11 is 0. The number of rotatable bonds is 6. The first-order chi connectivity index (χ1) is 10.00. The van der Waals surface area contributed by atoms with Crippen LogP contribution in [0.4, 0.5) is 5.82 Å². The van der Waals surface area contributed by atoms with E-state index in [0.717, 1.165) is 0 Å². The van der Waals surface area contributed by atoms with Gasteiger partial charge in [-0.2, -0.15) is 5.10 Å². The maximum absolute atomic E-state index is 12.4. The zero-order valence-electron chi connectivity index (χ0n) is 12.0. The summed E-state index contributed by atoms with van der Waals surface area (Å²) in [5.74, 6) is 0.979. The highest BCUT2D eigenvalue weighted by Crippen LogP contribution is 2.29. The van der Waals surface area contributed by atoms with E-state index in [0.29, 0.717) is 12.3 Å². The summed E-state index contributed by atoms with van der Waals surface area (Å²) in [5.41, 5.74) is 0. The zero-order valence-corrected chi connectivity index (χ0v) is 12.8. The normalized spacial score (nSPS) is 11.2.